The summed E-state index contributed by atoms with van der Waals surface area (Å²) in [5.74, 6) is 7.42. The fourth-order valence-electron chi connectivity index (χ4n) is 3.56. The number of nitrogens with two attached hydrogens (primary N) is 1. The summed E-state index contributed by atoms with van der Waals surface area (Å²) in [6.07, 6.45) is 2.67. The summed E-state index contributed by atoms with van der Waals surface area (Å²) in [5.41, 5.74) is 6.41. The van der Waals surface area contributed by atoms with Gasteiger partial charge in [0.05, 0.1) is 12.0 Å². The molecule has 0 bridgehead atoms. The highest BCUT2D eigenvalue weighted by Gasteiger charge is 2.13. The third kappa shape index (κ3) is 7.75. The number of halogens is 1. The Morgan fingerprint density at radius 2 is 1.87 bits per heavy atom. The highest BCUT2D eigenvalue weighted by molar-refractivity contribution is 7.99. The largest absolute Gasteiger partial charge is 0.488 e. The molecular weight excluding hydrogens is 534 g/mol. The lowest BCUT2D eigenvalue weighted by Gasteiger charge is -2.10. The zero-order valence-corrected chi connectivity index (χ0v) is 23.2. The molecule has 11 heteroatoms. The molecule has 0 saturated carbocycles. The first kappa shape index (κ1) is 28.0. The lowest BCUT2D eigenvalue weighted by molar-refractivity contribution is -0.113. The molecular formula is C28H30ClN7O2S. The number of nitrogens with zero attached hydrogens (tertiary/aromatic N) is 4. The molecule has 4 N–H and O–H groups in total. The molecule has 39 heavy (non-hydrogen) atoms. The first-order valence-electron chi connectivity index (χ1n) is 12.4. The van der Waals surface area contributed by atoms with Crippen molar-refractivity contribution in [3.8, 4) is 5.75 Å². The van der Waals surface area contributed by atoms with E-state index in [2.05, 4.69) is 39.9 Å². The number of hydrogen-bond donors (Lipinski definition) is 3. The molecule has 1 aromatic heterocycles. The van der Waals surface area contributed by atoms with E-state index in [0.717, 1.165) is 23.2 Å². The van der Waals surface area contributed by atoms with E-state index in [1.165, 1.54) is 22.0 Å². The number of para-hydroxylation sites is 1. The number of amides is 1. The Kier molecular flexibility index (Phi) is 9.82. The van der Waals surface area contributed by atoms with Crippen molar-refractivity contribution in [2.24, 2.45) is 5.10 Å². The normalized spacial score (nSPS) is 11.9. The zero-order valence-electron chi connectivity index (χ0n) is 21.7. The molecule has 4 rings (SSSR count). The van der Waals surface area contributed by atoms with Gasteiger partial charge in [0.1, 0.15) is 12.4 Å². The zero-order chi connectivity index (χ0) is 27.6. The van der Waals surface area contributed by atoms with Crippen LogP contribution >= 0.6 is 23.4 Å². The summed E-state index contributed by atoms with van der Waals surface area (Å²) < 4.78 is 7.20. The summed E-state index contributed by atoms with van der Waals surface area (Å²) in [4.78, 5) is 12.4. The Morgan fingerprint density at radius 1 is 1.13 bits per heavy atom. The average molecular weight is 564 g/mol. The summed E-state index contributed by atoms with van der Waals surface area (Å²) in [5, 5.41) is 16.2. The van der Waals surface area contributed by atoms with Gasteiger partial charge in [0.15, 0.2) is 0 Å². The lowest BCUT2D eigenvalue weighted by atomic mass is 9.99. The maximum Gasteiger partial charge on any atom is 0.264 e. The fourth-order valence-corrected chi connectivity index (χ4v) is 4.41. The number of hydrogen-bond acceptors (Lipinski definition) is 8. The third-order valence-corrected chi connectivity index (χ3v) is 7.31. The third-order valence-electron chi connectivity index (χ3n) is 6.00. The van der Waals surface area contributed by atoms with Gasteiger partial charge in [0.2, 0.25) is 11.1 Å². The van der Waals surface area contributed by atoms with E-state index in [4.69, 9.17) is 22.2 Å². The predicted molar refractivity (Wildman–Crippen MR) is 158 cm³/mol. The second kappa shape index (κ2) is 13.7. The number of ether oxygens (including phenoxy) is 1. The number of carbonyl (C=O) groups is 1. The molecule has 0 saturated heterocycles. The molecule has 1 unspecified atom stereocenters. The van der Waals surface area contributed by atoms with Crippen molar-refractivity contribution in [3.63, 3.8) is 0 Å². The van der Waals surface area contributed by atoms with Gasteiger partial charge in [-0.2, -0.15) is 5.10 Å². The van der Waals surface area contributed by atoms with Crippen molar-refractivity contribution in [1.29, 1.82) is 0 Å². The molecule has 1 heterocycles. The van der Waals surface area contributed by atoms with E-state index in [9.17, 15) is 4.79 Å². The standard InChI is InChI=1S/C28H30ClN7O2S/c1-3-19(2)20-12-14-23(15-13-20)32-26(37)18-39-28-35-34-27(36(28)30)33-31-16-21-8-5-7-11-25(21)38-17-22-9-4-6-10-24(22)29/h4-16,19H,3,17-18,30H2,1-2H3,(H,32,37)(H,33,34)/b31-16+. The molecule has 202 valence electrons. The van der Waals surface area contributed by atoms with Crippen LogP contribution in [0.1, 0.15) is 42.9 Å². The number of nitrogens with one attached hydrogen (secondary N) is 2. The molecule has 0 aliphatic carbocycles. The monoisotopic (exact) mass is 563 g/mol. The molecule has 0 aliphatic heterocycles. The van der Waals surface area contributed by atoms with E-state index in [1.54, 1.807) is 6.21 Å². The minimum absolute atomic E-state index is 0.127. The van der Waals surface area contributed by atoms with Crippen molar-refractivity contribution in [1.82, 2.24) is 14.9 Å². The van der Waals surface area contributed by atoms with Gasteiger partial charge < -0.3 is 15.9 Å². The van der Waals surface area contributed by atoms with E-state index >= 15 is 0 Å². The summed E-state index contributed by atoms with van der Waals surface area (Å²) in [6.45, 7) is 4.66. The van der Waals surface area contributed by atoms with Crippen LogP contribution in [0.3, 0.4) is 0 Å². The Hall–Kier alpha value is -4.02. The van der Waals surface area contributed by atoms with E-state index in [1.807, 2.05) is 72.8 Å². The molecule has 1 amide bonds. The Morgan fingerprint density at radius 3 is 2.64 bits per heavy atom. The van der Waals surface area contributed by atoms with Crippen LogP contribution in [-0.4, -0.2) is 32.7 Å². The molecule has 1 atom stereocenters. The first-order valence-corrected chi connectivity index (χ1v) is 13.8. The van der Waals surface area contributed by atoms with Crippen molar-refractivity contribution in [3.05, 3.63) is 94.5 Å². The quantitative estimate of drug-likeness (QED) is 0.0847. The van der Waals surface area contributed by atoms with Crippen molar-refractivity contribution in [2.45, 2.75) is 37.9 Å². The molecule has 3 aromatic carbocycles. The van der Waals surface area contributed by atoms with Crippen LogP contribution in [0, 0.1) is 0 Å². The SMILES string of the molecule is CCC(C)c1ccc(NC(=O)CSc2nnc(N/N=C/c3ccccc3OCc3ccccc3Cl)n2N)cc1. The number of anilines is 2. The number of aromatic nitrogens is 3. The lowest BCUT2D eigenvalue weighted by Crippen LogP contribution is -2.17. The fraction of sp³-hybridized carbons (Fsp3) is 0.214. The van der Waals surface area contributed by atoms with Crippen LogP contribution in [0.25, 0.3) is 0 Å². The second-order valence-corrected chi connectivity index (χ2v) is 10.1. The molecule has 0 radical (unpaired) electrons. The Labute approximate surface area is 236 Å². The smallest absolute Gasteiger partial charge is 0.264 e. The van der Waals surface area contributed by atoms with E-state index < -0.39 is 0 Å². The number of carbonyl (C=O) groups excluding carboxylic acids is 1. The molecule has 9 nitrogen and oxygen atoms in total. The van der Waals surface area contributed by atoms with Crippen molar-refractivity contribution < 1.29 is 9.53 Å². The number of thioether (sulfide) groups is 1. The maximum atomic E-state index is 12.4. The second-order valence-electron chi connectivity index (χ2n) is 8.73. The minimum Gasteiger partial charge on any atom is -0.488 e. The Bertz CT molecular complexity index is 1430. The van der Waals surface area contributed by atoms with E-state index in [0.29, 0.717) is 28.5 Å². The molecule has 0 aliphatic rings. The number of hydrazone groups is 1. The van der Waals surface area contributed by atoms with Gasteiger partial charge in [0.25, 0.3) is 5.95 Å². The average Bonchev–Trinajstić information content (AvgIpc) is 3.31. The van der Waals surface area contributed by atoms with Crippen LogP contribution in [0.15, 0.2) is 83.1 Å². The van der Waals surface area contributed by atoms with Gasteiger partial charge in [-0.25, -0.2) is 10.1 Å². The summed E-state index contributed by atoms with van der Waals surface area (Å²) in [7, 11) is 0. The molecule has 0 spiro atoms. The predicted octanol–water partition coefficient (Wildman–Crippen LogP) is 5.91. The number of nitrogen functional groups attached to an aromatic ring is 1. The van der Waals surface area contributed by atoms with Gasteiger partial charge in [-0.3, -0.25) is 4.79 Å². The number of benzene rings is 3. The van der Waals surface area contributed by atoms with Crippen LogP contribution in [-0.2, 0) is 11.4 Å². The van der Waals surface area contributed by atoms with Crippen LogP contribution in [0.4, 0.5) is 11.6 Å². The maximum absolute atomic E-state index is 12.4. The summed E-state index contributed by atoms with van der Waals surface area (Å²) in [6, 6.07) is 22.9. The molecule has 4 aromatic rings. The molecule has 0 fully saturated rings. The number of rotatable bonds is 12. The first-order chi connectivity index (χ1) is 18.9. The van der Waals surface area contributed by atoms with Crippen LogP contribution in [0.5, 0.6) is 5.75 Å². The van der Waals surface area contributed by atoms with Crippen LogP contribution in [0.2, 0.25) is 5.02 Å². The minimum atomic E-state index is -0.166. The van der Waals surface area contributed by atoms with Gasteiger partial charge in [-0.1, -0.05) is 79.7 Å². The highest BCUT2D eigenvalue weighted by Crippen LogP contribution is 2.23. The Balaban J connectivity index is 1.29. The topological polar surface area (TPSA) is 119 Å². The van der Waals surface area contributed by atoms with Gasteiger partial charge in [0, 0.05) is 21.8 Å². The van der Waals surface area contributed by atoms with Crippen molar-refractivity contribution >= 4 is 47.1 Å². The van der Waals surface area contributed by atoms with E-state index in [-0.39, 0.29) is 17.6 Å². The van der Waals surface area contributed by atoms with Crippen LogP contribution < -0.4 is 21.3 Å². The summed E-state index contributed by atoms with van der Waals surface area (Å²) >= 11 is 7.40. The van der Waals surface area contributed by atoms with Crippen molar-refractivity contribution in [2.75, 3.05) is 22.3 Å². The highest BCUT2D eigenvalue weighted by atomic mass is 35.5. The van der Waals surface area contributed by atoms with Gasteiger partial charge in [-0.05, 0) is 48.2 Å². The van der Waals surface area contributed by atoms with Gasteiger partial charge in [-0.15, -0.1) is 10.2 Å². The van der Waals surface area contributed by atoms with Gasteiger partial charge >= 0.3 is 0 Å².